The van der Waals surface area contributed by atoms with Gasteiger partial charge in [0, 0.05) is 25.2 Å². The van der Waals surface area contributed by atoms with Crippen LogP contribution in [0.4, 0.5) is 14.6 Å². The number of carbonyl (C=O) groups excluding carboxylic acids is 1. The number of pyridine rings is 1. The Labute approximate surface area is 156 Å². The molecule has 1 fully saturated rings. The number of anilines is 1. The first-order chi connectivity index (χ1) is 12.8. The Morgan fingerprint density at radius 3 is 2.59 bits per heavy atom. The SMILES string of the molecule is Cc1cccnc1NC(=O)C1CCN(S(=O)(=O)c2cc(F)ccc2F)CC1. The Balaban J connectivity index is 1.67. The van der Waals surface area contributed by atoms with E-state index >= 15 is 0 Å². The number of rotatable bonds is 4. The molecule has 1 aliphatic heterocycles. The zero-order valence-corrected chi connectivity index (χ0v) is 15.5. The monoisotopic (exact) mass is 395 g/mol. The number of amides is 1. The van der Waals surface area contributed by atoms with Crippen LogP contribution in [0.3, 0.4) is 0 Å². The first-order valence-electron chi connectivity index (χ1n) is 8.46. The summed E-state index contributed by atoms with van der Waals surface area (Å²) in [6.07, 6.45) is 2.15. The van der Waals surface area contributed by atoms with E-state index in [0.29, 0.717) is 11.9 Å². The highest BCUT2D eigenvalue weighted by molar-refractivity contribution is 7.89. The second-order valence-electron chi connectivity index (χ2n) is 6.41. The lowest BCUT2D eigenvalue weighted by molar-refractivity contribution is -0.120. The molecule has 144 valence electrons. The summed E-state index contributed by atoms with van der Waals surface area (Å²) >= 11 is 0. The Morgan fingerprint density at radius 1 is 1.22 bits per heavy atom. The van der Waals surface area contributed by atoms with E-state index in [4.69, 9.17) is 0 Å². The van der Waals surface area contributed by atoms with Gasteiger partial charge in [0.15, 0.2) is 0 Å². The van der Waals surface area contributed by atoms with Crippen molar-refractivity contribution in [2.45, 2.75) is 24.7 Å². The third-order valence-electron chi connectivity index (χ3n) is 4.59. The van der Waals surface area contributed by atoms with E-state index in [9.17, 15) is 22.0 Å². The van der Waals surface area contributed by atoms with Crippen LogP contribution in [0.1, 0.15) is 18.4 Å². The molecule has 1 aliphatic rings. The molecule has 9 heteroatoms. The van der Waals surface area contributed by atoms with Gasteiger partial charge in [-0.1, -0.05) is 6.07 Å². The molecule has 0 spiro atoms. The zero-order chi connectivity index (χ0) is 19.6. The molecule has 0 bridgehead atoms. The minimum Gasteiger partial charge on any atom is -0.310 e. The summed E-state index contributed by atoms with van der Waals surface area (Å²) in [7, 11) is -4.16. The number of nitrogens with zero attached hydrogens (tertiary/aromatic N) is 2. The fourth-order valence-electron chi connectivity index (χ4n) is 3.01. The molecule has 0 aliphatic carbocycles. The Morgan fingerprint density at radius 2 is 1.93 bits per heavy atom. The van der Waals surface area contributed by atoms with Gasteiger partial charge in [-0.3, -0.25) is 4.79 Å². The highest BCUT2D eigenvalue weighted by Gasteiger charge is 2.34. The minimum absolute atomic E-state index is 0.0531. The molecule has 6 nitrogen and oxygen atoms in total. The van der Waals surface area contributed by atoms with Gasteiger partial charge in [0.1, 0.15) is 22.3 Å². The molecule has 2 aromatic rings. The van der Waals surface area contributed by atoms with Crippen molar-refractivity contribution in [1.82, 2.24) is 9.29 Å². The van der Waals surface area contributed by atoms with Crippen LogP contribution in [0.5, 0.6) is 0 Å². The number of nitrogens with one attached hydrogen (secondary N) is 1. The predicted molar refractivity (Wildman–Crippen MR) is 95.4 cm³/mol. The number of halogens is 2. The van der Waals surface area contributed by atoms with E-state index in [-0.39, 0.29) is 37.8 Å². The van der Waals surface area contributed by atoms with Gasteiger partial charge >= 0.3 is 0 Å². The van der Waals surface area contributed by atoms with E-state index in [0.717, 1.165) is 22.0 Å². The molecule has 1 aromatic carbocycles. The van der Waals surface area contributed by atoms with Gasteiger partial charge in [0.25, 0.3) is 0 Å². The maximum Gasteiger partial charge on any atom is 0.246 e. The molecule has 0 radical (unpaired) electrons. The fourth-order valence-corrected chi connectivity index (χ4v) is 4.55. The summed E-state index contributed by atoms with van der Waals surface area (Å²) in [5.41, 5.74) is 0.826. The van der Waals surface area contributed by atoms with Crippen LogP contribution in [0, 0.1) is 24.5 Å². The molecule has 3 rings (SSSR count). The Hall–Kier alpha value is -2.39. The highest BCUT2D eigenvalue weighted by atomic mass is 32.2. The smallest absolute Gasteiger partial charge is 0.246 e. The zero-order valence-electron chi connectivity index (χ0n) is 14.7. The standard InChI is InChI=1S/C18H19F2N3O3S/c1-12-3-2-8-21-17(12)22-18(24)13-6-9-23(10-7-13)27(25,26)16-11-14(19)4-5-15(16)20/h2-5,8,11,13H,6-7,9-10H2,1H3,(H,21,22,24). The lowest BCUT2D eigenvalue weighted by Crippen LogP contribution is -2.41. The number of hydrogen-bond acceptors (Lipinski definition) is 4. The summed E-state index contributed by atoms with van der Waals surface area (Å²) in [5.74, 6) is -1.96. The van der Waals surface area contributed by atoms with E-state index in [1.165, 1.54) is 0 Å². The van der Waals surface area contributed by atoms with Crippen molar-refractivity contribution in [1.29, 1.82) is 0 Å². The second-order valence-corrected chi connectivity index (χ2v) is 8.32. The van der Waals surface area contributed by atoms with Crippen LogP contribution in [-0.2, 0) is 14.8 Å². The molecule has 1 saturated heterocycles. The molecule has 1 amide bonds. The van der Waals surface area contributed by atoms with Gasteiger partial charge in [0.2, 0.25) is 15.9 Å². The van der Waals surface area contributed by atoms with Gasteiger partial charge in [-0.25, -0.2) is 22.2 Å². The molecule has 1 N–H and O–H groups in total. The van der Waals surface area contributed by atoms with Crippen molar-refractivity contribution in [2.24, 2.45) is 5.92 Å². The lowest BCUT2D eigenvalue weighted by Gasteiger charge is -2.30. The summed E-state index contributed by atoms with van der Waals surface area (Å²) < 4.78 is 53.5. The van der Waals surface area contributed by atoms with Gasteiger partial charge in [0.05, 0.1) is 0 Å². The van der Waals surface area contributed by atoms with Crippen LogP contribution < -0.4 is 5.32 Å². The van der Waals surface area contributed by atoms with E-state index in [2.05, 4.69) is 10.3 Å². The van der Waals surface area contributed by atoms with E-state index in [1.54, 1.807) is 12.3 Å². The largest absolute Gasteiger partial charge is 0.310 e. The van der Waals surface area contributed by atoms with E-state index in [1.807, 2.05) is 13.0 Å². The van der Waals surface area contributed by atoms with Gasteiger partial charge in [-0.05, 0) is 49.6 Å². The minimum atomic E-state index is -4.16. The van der Waals surface area contributed by atoms with Crippen LogP contribution in [-0.4, -0.2) is 36.7 Å². The summed E-state index contributed by atoms with van der Waals surface area (Å²) in [6, 6.07) is 5.92. The third kappa shape index (κ3) is 4.14. The maximum atomic E-state index is 13.9. The van der Waals surface area contributed by atoms with Crippen molar-refractivity contribution in [3.8, 4) is 0 Å². The number of aryl methyl sites for hydroxylation is 1. The number of hydrogen-bond donors (Lipinski definition) is 1. The van der Waals surface area contributed by atoms with Crippen LogP contribution in [0.2, 0.25) is 0 Å². The summed E-state index contributed by atoms with van der Waals surface area (Å²) in [5, 5.41) is 2.75. The number of carbonyl (C=O) groups is 1. The molecule has 0 unspecified atom stereocenters. The number of sulfonamides is 1. The molecular formula is C18H19F2N3O3S. The van der Waals surface area contributed by atoms with Crippen molar-refractivity contribution in [2.75, 3.05) is 18.4 Å². The van der Waals surface area contributed by atoms with Gasteiger partial charge < -0.3 is 5.32 Å². The molecule has 0 atom stereocenters. The predicted octanol–water partition coefficient (Wildman–Crippen LogP) is 2.71. The maximum absolute atomic E-state index is 13.9. The normalized spacial score (nSPS) is 16.3. The molecular weight excluding hydrogens is 376 g/mol. The number of piperidine rings is 1. The first-order valence-corrected chi connectivity index (χ1v) is 9.90. The highest BCUT2D eigenvalue weighted by Crippen LogP contribution is 2.26. The van der Waals surface area contributed by atoms with Crippen molar-refractivity contribution < 1.29 is 22.0 Å². The average Bonchev–Trinajstić information content (AvgIpc) is 2.65. The molecule has 2 heterocycles. The summed E-state index contributed by atoms with van der Waals surface area (Å²) in [4.78, 5) is 15.8. The van der Waals surface area contributed by atoms with Crippen molar-refractivity contribution in [3.05, 3.63) is 53.7 Å². The van der Waals surface area contributed by atoms with Gasteiger partial charge in [-0.2, -0.15) is 4.31 Å². The van der Waals surface area contributed by atoms with Crippen LogP contribution in [0.25, 0.3) is 0 Å². The Bertz CT molecular complexity index is 958. The molecule has 0 saturated carbocycles. The molecule has 27 heavy (non-hydrogen) atoms. The third-order valence-corrected chi connectivity index (χ3v) is 6.50. The number of benzene rings is 1. The van der Waals surface area contributed by atoms with Crippen LogP contribution >= 0.6 is 0 Å². The lowest BCUT2D eigenvalue weighted by atomic mass is 9.97. The van der Waals surface area contributed by atoms with Gasteiger partial charge in [-0.15, -0.1) is 0 Å². The number of aromatic nitrogens is 1. The van der Waals surface area contributed by atoms with Crippen LogP contribution in [0.15, 0.2) is 41.4 Å². The fraction of sp³-hybridized carbons (Fsp3) is 0.333. The Kier molecular flexibility index (Phi) is 5.52. The average molecular weight is 395 g/mol. The van der Waals surface area contributed by atoms with Crippen molar-refractivity contribution in [3.63, 3.8) is 0 Å². The van der Waals surface area contributed by atoms with E-state index < -0.39 is 26.6 Å². The quantitative estimate of drug-likeness (QED) is 0.863. The van der Waals surface area contributed by atoms with Crippen molar-refractivity contribution >= 4 is 21.7 Å². The second kappa shape index (κ2) is 7.69. The molecule has 1 aromatic heterocycles. The summed E-state index contributed by atoms with van der Waals surface area (Å²) in [6.45, 7) is 1.93. The topological polar surface area (TPSA) is 79.4 Å². The first kappa shape index (κ1) is 19.4.